The van der Waals surface area contributed by atoms with E-state index in [1.807, 2.05) is 103 Å². The number of hydrogen-bond donors (Lipinski definition) is 1. The minimum atomic E-state index is -0.466. The van der Waals surface area contributed by atoms with E-state index in [1.165, 1.54) is 6.33 Å². The fourth-order valence-electron chi connectivity index (χ4n) is 5.07. The van der Waals surface area contributed by atoms with Gasteiger partial charge in [0.1, 0.15) is 36.3 Å². The van der Waals surface area contributed by atoms with Gasteiger partial charge in [-0.25, -0.2) is 9.50 Å². The third kappa shape index (κ3) is 5.90. The second-order valence-corrected chi connectivity index (χ2v) is 9.82. The van der Waals surface area contributed by atoms with Gasteiger partial charge in [0.25, 0.3) is 0 Å². The summed E-state index contributed by atoms with van der Waals surface area (Å²) in [6.07, 6.45) is -0.211. The maximum absolute atomic E-state index is 6.70. The van der Waals surface area contributed by atoms with Gasteiger partial charge in [-0.2, -0.15) is 5.10 Å². The van der Waals surface area contributed by atoms with E-state index in [4.69, 9.17) is 24.7 Å². The van der Waals surface area contributed by atoms with Crippen molar-refractivity contribution in [3.8, 4) is 0 Å². The molecule has 0 spiro atoms. The van der Waals surface area contributed by atoms with Gasteiger partial charge in [0.2, 0.25) is 0 Å². The molecule has 1 unspecified atom stereocenters. The molecule has 0 saturated carbocycles. The summed E-state index contributed by atoms with van der Waals surface area (Å²) in [5, 5.41) is 4.46. The summed E-state index contributed by atoms with van der Waals surface area (Å²) in [5.74, 6) is 0.403. The molecule has 1 aliphatic rings. The predicted molar refractivity (Wildman–Crippen MR) is 151 cm³/mol. The van der Waals surface area contributed by atoms with E-state index in [-0.39, 0.29) is 6.10 Å². The molecule has 3 heterocycles. The van der Waals surface area contributed by atoms with Crippen LogP contribution in [0.5, 0.6) is 0 Å². The van der Waals surface area contributed by atoms with Crippen LogP contribution in [0.1, 0.15) is 28.5 Å². The molecule has 3 aromatic carbocycles. The van der Waals surface area contributed by atoms with Crippen LogP contribution in [0.15, 0.2) is 109 Å². The first kappa shape index (κ1) is 26.2. The Morgan fingerprint density at radius 1 is 0.700 bits per heavy atom. The minimum Gasteiger partial charge on any atom is -0.382 e. The van der Waals surface area contributed by atoms with Crippen molar-refractivity contribution in [2.24, 2.45) is 0 Å². The van der Waals surface area contributed by atoms with Gasteiger partial charge in [-0.3, -0.25) is 0 Å². The monoisotopic (exact) mass is 536 g/mol. The summed E-state index contributed by atoms with van der Waals surface area (Å²) in [7, 11) is 0. The van der Waals surface area contributed by atoms with Crippen molar-refractivity contribution in [2.75, 3.05) is 12.3 Å². The van der Waals surface area contributed by atoms with Crippen LogP contribution < -0.4 is 5.73 Å². The van der Waals surface area contributed by atoms with Crippen molar-refractivity contribution >= 4 is 11.3 Å². The second-order valence-electron chi connectivity index (χ2n) is 9.82. The lowest BCUT2D eigenvalue weighted by molar-refractivity contribution is -0.0898. The zero-order chi connectivity index (χ0) is 27.1. The highest BCUT2D eigenvalue weighted by Gasteiger charge is 2.48. The first-order valence-electron chi connectivity index (χ1n) is 13.4. The number of aromatic nitrogens is 3. The van der Waals surface area contributed by atoms with Crippen molar-refractivity contribution < 1.29 is 18.9 Å². The third-order valence-corrected chi connectivity index (χ3v) is 7.08. The molecule has 0 bridgehead atoms. The maximum Gasteiger partial charge on any atom is 0.151 e. The molecule has 40 heavy (non-hydrogen) atoms. The van der Waals surface area contributed by atoms with Crippen molar-refractivity contribution in [3.05, 3.63) is 132 Å². The smallest absolute Gasteiger partial charge is 0.151 e. The highest BCUT2D eigenvalue weighted by Crippen LogP contribution is 2.39. The second kappa shape index (κ2) is 12.4. The van der Waals surface area contributed by atoms with E-state index < -0.39 is 18.3 Å². The van der Waals surface area contributed by atoms with Crippen molar-refractivity contribution in [3.63, 3.8) is 0 Å². The van der Waals surface area contributed by atoms with Crippen LogP contribution in [0, 0.1) is 0 Å². The van der Waals surface area contributed by atoms with Gasteiger partial charge in [-0.05, 0) is 28.8 Å². The first-order valence-corrected chi connectivity index (χ1v) is 13.4. The zero-order valence-corrected chi connectivity index (χ0v) is 22.1. The molecule has 1 aliphatic heterocycles. The zero-order valence-electron chi connectivity index (χ0n) is 22.1. The van der Waals surface area contributed by atoms with Crippen LogP contribution in [-0.4, -0.2) is 39.5 Å². The summed E-state index contributed by atoms with van der Waals surface area (Å²) in [6, 6.07) is 34.2. The predicted octanol–water partition coefficient (Wildman–Crippen LogP) is 5.14. The molecule has 4 atom stereocenters. The van der Waals surface area contributed by atoms with E-state index in [0.717, 1.165) is 22.4 Å². The molecular weight excluding hydrogens is 504 g/mol. The van der Waals surface area contributed by atoms with Crippen LogP contribution in [0.2, 0.25) is 0 Å². The van der Waals surface area contributed by atoms with Gasteiger partial charge in [-0.1, -0.05) is 91.0 Å². The Bertz CT molecular complexity index is 1500. The van der Waals surface area contributed by atoms with Crippen LogP contribution >= 0.6 is 0 Å². The van der Waals surface area contributed by atoms with E-state index in [9.17, 15) is 0 Å². The molecule has 1 fully saturated rings. The Morgan fingerprint density at radius 2 is 1.27 bits per heavy atom. The van der Waals surface area contributed by atoms with Gasteiger partial charge in [0, 0.05) is 0 Å². The summed E-state index contributed by atoms with van der Waals surface area (Å²) in [4.78, 5) is 4.13. The van der Waals surface area contributed by atoms with Gasteiger partial charge in [0.05, 0.1) is 32.1 Å². The van der Waals surface area contributed by atoms with Crippen LogP contribution in [-0.2, 0) is 38.8 Å². The summed E-state index contributed by atoms with van der Waals surface area (Å²) in [6.45, 7) is 1.65. The lowest BCUT2D eigenvalue weighted by Crippen LogP contribution is -2.38. The number of rotatable bonds is 11. The van der Waals surface area contributed by atoms with Gasteiger partial charge in [-0.15, -0.1) is 0 Å². The molecule has 0 radical (unpaired) electrons. The standard InChI is InChI=1S/C32H32N4O4/c33-32-27-17-16-26(36(27)35-22-34-32)29-31(39-20-25-14-8-3-9-15-25)30(38-19-24-12-6-2-7-13-24)28(40-29)21-37-18-23-10-4-1-5-11-23/h1-17,22,28-31H,18-21H2,(H2,33,34,35)/t28-,29?,30-,31+/m1/s1. The molecule has 6 rings (SSSR count). The summed E-state index contributed by atoms with van der Waals surface area (Å²) >= 11 is 0. The van der Waals surface area contributed by atoms with E-state index in [1.54, 1.807) is 4.52 Å². The number of ether oxygens (including phenoxy) is 4. The van der Waals surface area contributed by atoms with E-state index in [0.29, 0.717) is 37.8 Å². The fourth-order valence-corrected chi connectivity index (χ4v) is 5.07. The number of nitrogen functional groups attached to an aromatic ring is 1. The van der Waals surface area contributed by atoms with E-state index in [2.05, 4.69) is 10.1 Å². The molecule has 2 aromatic heterocycles. The SMILES string of the molecule is Nc1ncnn2c(C3O[C@H](COCc4ccccc4)[C@@H](OCc4ccccc4)[C@H]3OCc3ccccc3)ccc12. The number of hydrogen-bond acceptors (Lipinski definition) is 7. The molecular formula is C32H32N4O4. The Balaban J connectivity index is 1.29. The Hall–Kier alpha value is -4.08. The van der Waals surface area contributed by atoms with E-state index >= 15 is 0 Å². The number of benzene rings is 3. The molecule has 0 aliphatic carbocycles. The quantitative estimate of drug-likeness (QED) is 0.250. The van der Waals surface area contributed by atoms with Crippen LogP contribution in [0.25, 0.3) is 5.52 Å². The summed E-state index contributed by atoms with van der Waals surface area (Å²) in [5.41, 5.74) is 10.9. The lowest BCUT2D eigenvalue weighted by atomic mass is 10.0. The Morgan fingerprint density at radius 3 is 1.90 bits per heavy atom. The average Bonchev–Trinajstić information content (AvgIpc) is 3.58. The largest absolute Gasteiger partial charge is 0.382 e. The highest BCUT2D eigenvalue weighted by atomic mass is 16.6. The number of nitrogens with two attached hydrogens (primary N) is 1. The normalized spacial score (nSPS) is 20.7. The van der Waals surface area contributed by atoms with Crippen molar-refractivity contribution in [1.82, 2.24) is 14.6 Å². The molecule has 8 heteroatoms. The minimum absolute atomic E-state index is 0.344. The van der Waals surface area contributed by atoms with Crippen molar-refractivity contribution in [2.45, 2.75) is 44.2 Å². The molecule has 5 aromatic rings. The summed E-state index contributed by atoms with van der Waals surface area (Å²) < 4.78 is 27.8. The number of anilines is 1. The average molecular weight is 537 g/mol. The third-order valence-electron chi connectivity index (χ3n) is 7.08. The molecule has 8 nitrogen and oxygen atoms in total. The number of fused-ring (bicyclic) bond motifs is 1. The Labute approximate surface area is 233 Å². The molecule has 204 valence electrons. The molecule has 2 N–H and O–H groups in total. The first-order chi connectivity index (χ1) is 19.8. The Kier molecular flexibility index (Phi) is 8.11. The van der Waals surface area contributed by atoms with Gasteiger partial charge in [0.15, 0.2) is 5.82 Å². The fraction of sp³-hybridized carbons (Fsp3) is 0.250. The molecule has 0 amide bonds. The number of nitrogens with zero attached hydrogens (tertiary/aromatic N) is 3. The topological polar surface area (TPSA) is 93.1 Å². The van der Waals surface area contributed by atoms with Gasteiger partial charge >= 0.3 is 0 Å². The maximum atomic E-state index is 6.70. The van der Waals surface area contributed by atoms with Crippen LogP contribution in [0.3, 0.4) is 0 Å². The van der Waals surface area contributed by atoms with Gasteiger partial charge < -0.3 is 24.7 Å². The van der Waals surface area contributed by atoms with Crippen LogP contribution in [0.4, 0.5) is 5.82 Å². The highest BCUT2D eigenvalue weighted by molar-refractivity contribution is 5.65. The lowest BCUT2D eigenvalue weighted by Gasteiger charge is -2.25. The van der Waals surface area contributed by atoms with Crippen molar-refractivity contribution in [1.29, 1.82) is 0 Å². The molecule has 1 saturated heterocycles.